The number of carboxylic acids is 1. The van der Waals surface area contributed by atoms with E-state index < -0.39 is 11.9 Å². The molecule has 1 aliphatic heterocycles. The number of amides is 2. The molecule has 122 valence electrons. The van der Waals surface area contributed by atoms with E-state index in [4.69, 9.17) is 5.11 Å². The van der Waals surface area contributed by atoms with Gasteiger partial charge in [0.1, 0.15) is 0 Å². The van der Waals surface area contributed by atoms with Gasteiger partial charge in [-0.05, 0) is 37.8 Å². The molecule has 0 radical (unpaired) electrons. The normalized spacial score (nSPS) is 24.0. The molecule has 2 atom stereocenters. The first-order chi connectivity index (χ1) is 11.1. The Balaban J connectivity index is 1.72. The Hall–Kier alpha value is -2.37. The highest BCUT2D eigenvalue weighted by molar-refractivity contribution is 6.02. The number of anilines is 2. The second-order valence-corrected chi connectivity index (χ2v) is 6.20. The molecule has 6 nitrogen and oxygen atoms in total. The Labute approximate surface area is 134 Å². The summed E-state index contributed by atoms with van der Waals surface area (Å²) >= 11 is 0. The first-order valence-electron chi connectivity index (χ1n) is 7.99. The number of carbonyl (C=O) groups excluding carboxylic acids is 2. The number of para-hydroxylation sites is 2. The zero-order valence-electron chi connectivity index (χ0n) is 12.8. The molecule has 2 amide bonds. The van der Waals surface area contributed by atoms with Gasteiger partial charge in [0.05, 0.1) is 17.3 Å². The Morgan fingerprint density at radius 1 is 1.17 bits per heavy atom. The van der Waals surface area contributed by atoms with Crippen LogP contribution >= 0.6 is 0 Å². The van der Waals surface area contributed by atoms with Crippen LogP contribution in [0.2, 0.25) is 0 Å². The van der Waals surface area contributed by atoms with E-state index in [-0.39, 0.29) is 17.7 Å². The molecule has 1 aromatic rings. The molecule has 0 aromatic heterocycles. The highest BCUT2D eigenvalue weighted by Crippen LogP contribution is 2.34. The van der Waals surface area contributed by atoms with Gasteiger partial charge in [-0.3, -0.25) is 14.4 Å². The maximum atomic E-state index is 12.4. The van der Waals surface area contributed by atoms with E-state index in [1.165, 1.54) is 0 Å². The standard InChI is InChI=1S/C17H20N2O4/c20-15-6-3-9-19(15)14-5-2-1-4-13(14)18-16(21)11-7-8-12(10-11)17(22)23/h1-2,4-5,11-12H,3,6-10H2,(H,18,21)(H,22,23)/t11-,12+/m0/s1. The molecule has 2 aliphatic rings. The lowest BCUT2D eigenvalue weighted by Gasteiger charge is -2.21. The summed E-state index contributed by atoms with van der Waals surface area (Å²) in [7, 11) is 0. The van der Waals surface area contributed by atoms with Crippen LogP contribution in [0, 0.1) is 11.8 Å². The third kappa shape index (κ3) is 3.21. The number of nitrogens with one attached hydrogen (secondary N) is 1. The molecular formula is C17H20N2O4. The molecular weight excluding hydrogens is 296 g/mol. The van der Waals surface area contributed by atoms with Crippen LogP contribution in [-0.4, -0.2) is 29.4 Å². The van der Waals surface area contributed by atoms with Crippen molar-refractivity contribution >= 4 is 29.2 Å². The van der Waals surface area contributed by atoms with Crippen LogP contribution in [0.15, 0.2) is 24.3 Å². The largest absolute Gasteiger partial charge is 0.481 e. The van der Waals surface area contributed by atoms with Crippen molar-refractivity contribution in [3.8, 4) is 0 Å². The van der Waals surface area contributed by atoms with E-state index in [0.717, 1.165) is 12.1 Å². The Kier molecular flexibility index (Phi) is 4.32. The van der Waals surface area contributed by atoms with Crippen LogP contribution in [0.3, 0.4) is 0 Å². The van der Waals surface area contributed by atoms with Crippen LogP contribution in [0.5, 0.6) is 0 Å². The summed E-state index contributed by atoms with van der Waals surface area (Å²) in [5.41, 5.74) is 1.34. The lowest BCUT2D eigenvalue weighted by Crippen LogP contribution is -2.27. The van der Waals surface area contributed by atoms with Crippen LogP contribution in [0.4, 0.5) is 11.4 Å². The molecule has 1 aromatic carbocycles. The second-order valence-electron chi connectivity index (χ2n) is 6.20. The second kappa shape index (κ2) is 6.40. The summed E-state index contributed by atoms with van der Waals surface area (Å²) in [6.45, 7) is 0.663. The highest BCUT2D eigenvalue weighted by atomic mass is 16.4. The predicted octanol–water partition coefficient (Wildman–Crippen LogP) is 2.25. The van der Waals surface area contributed by atoms with E-state index in [1.807, 2.05) is 18.2 Å². The van der Waals surface area contributed by atoms with Gasteiger partial charge < -0.3 is 15.3 Å². The average molecular weight is 316 g/mol. The number of aliphatic carboxylic acids is 1. The van der Waals surface area contributed by atoms with Crippen molar-refractivity contribution in [3.05, 3.63) is 24.3 Å². The van der Waals surface area contributed by atoms with Gasteiger partial charge in [-0.1, -0.05) is 12.1 Å². The number of carboxylic acid groups (broad SMARTS) is 1. The third-order valence-corrected chi connectivity index (χ3v) is 4.68. The molecule has 1 saturated heterocycles. The topological polar surface area (TPSA) is 86.7 Å². The molecule has 3 rings (SSSR count). The maximum absolute atomic E-state index is 12.4. The summed E-state index contributed by atoms with van der Waals surface area (Å²) in [6.07, 6.45) is 2.87. The van der Waals surface area contributed by atoms with Gasteiger partial charge in [0, 0.05) is 18.9 Å². The predicted molar refractivity (Wildman–Crippen MR) is 85.1 cm³/mol. The van der Waals surface area contributed by atoms with Crippen molar-refractivity contribution in [1.82, 2.24) is 0 Å². The first kappa shape index (κ1) is 15.5. The van der Waals surface area contributed by atoms with E-state index in [1.54, 1.807) is 11.0 Å². The zero-order valence-corrected chi connectivity index (χ0v) is 12.8. The molecule has 2 fully saturated rings. The third-order valence-electron chi connectivity index (χ3n) is 4.68. The molecule has 1 aliphatic carbocycles. The van der Waals surface area contributed by atoms with Gasteiger partial charge in [-0.25, -0.2) is 0 Å². The fourth-order valence-corrected chi connectivity index (χ4v) is 3.40. The first-order valence-corrected chi connectivity index (χ1v) is 7.99. The lowest BCUT2D eigenvalue weighted by atomic mass is 10.0. The molecule has 0 unspecified atom stereocenters. The summed E-state index contributed by atoms with van der Waals surface area (Å²) in [6, 6.07) is 7.26. The van der Waals surface area contributed by atoms with Crippen molar-refractivity contribution in [2.24, 2.45) is 11.8 Å². The van der Waals surface area contributed by atoms with E-state index in [9.17, 15) is 14.4 Å². The number of benzene rings is 1. The van der Waals surface area contributed by atoms with Crippen LogP contribution in [0.1, 0.15) is 32.1 Å². The van der Waals surface area contributed by atoms with E-state index in [2.05, 4.69) is 5.32 Å². The highest BCUT2D eigenvalue weighted by Gasteiger charge is 2.34. The smallest absolute Gasteiger partial charge is 0.306 e. The Morgan fingerprint density at radius 2 is 1.91 bits per heavy atom. The lowest BCUT2D eigenvalue weighted by molar-refractivity contribution is -0.141. The van der Waals surface area contributed by atoms with Gasteiger partial charge in [-0.15, -0.1) is 0 Å². The number of nitrogens with zero attached hydrogens (tertiary/aromatic N) is 1. The molecule has 1 heterocycles. The van der Waals surface area contributed by atoms with Gasteiger partial charge in [0.15, 0.2) is 0 Å². The minimum Gasteiger partial charge on any atom is -0.481 e. The van der Waals surface area contributed by atoms with Crippen molar-refractivity contribution in [2.45, 2.75) is 32.1 Å². The summed E-state index contributed by atoms with van der Waals surface area (Å²) in [5.74, 6) is -1.63. The molecule has 2 N–H and O–H groups in total. The van der Waals surface area contributed by atoms with Crippen molar-refractivity contribution in [1.29, 1.82) is 0 Å². The number of hydrogen-bond acceptors (Lipinski definition) is 3. The van der Waals surface area contributed by atoms with Crippen molar-refractivity contribution < 1.29 is 19.5 Å². The number of carbonyl (C=O) groups is 3. The average Bonchev–Trinajstić information content (AvgIpc) is 3.17. The van der Waals surface area contributed by atoms with Crippen LogP contribution < -0.4 is 10.2 Å². The quantitative estimate of drug-likeness (QED) is 0.892. The van der Waals surface area contributed by atoms with Crippen LogP contribution in [-0.2, 0) is 14.4 Å². The zero-order chi connectivity index (χ0) is 16.4. The minimum atomic E-state index is -0.830. The van der Waals surface area contributed by atoms with Crippen LogP contribution in [0.25, 0.3) is 0 Å². The molecule has 0 spiro atoms. The van der Waals surface area contributed by atoms with Gasteiger partial charge in [0.25, 0.3) is 0 Å². The molecule has 0 bridgehead atoms. The monoisotopic (exact) mass is 316 g/mol. The van der Waals surface area contributed by atoms with Gasteiger partial charge in [0.2, 0.25) is 11.8 Å². The van der Waals surface area contributed by atoms with E-state index >= 15 is 0 Å². The molecule has 6 heteroatoms. The fourth-order valence-electron chi connectivity index (χ4n) is 3.40. The minimum absolute atomic E-state index is 0.0681. The molecule has 23 heavy (non-hydrogen) atoms. The summed E-state index contributed by atoms with van der Waals surface area (Å²) in [5, 5.41) is 11.9. The SMILES string of the molecule is O=C(O)[C@@H]1CC[C@H](C(=O)Nc2ccccc2N2CCCC2=O)C1. The maximum Gasteiger partial charge on any atom is 0.306 e. The number of hydrogen-bond donors (Lipinski definition) is 2. The summed E-state index contributed by atoms with van der Waals surface area (Å²) in [4.78, 5) is 37.1. The Morgan fingerprint density at radius 3 is 2.57 bits per heavy atom. The molecule has 1 saturated carbocycles. The van der Waals surface area contributed by atoms with E-state index in [0.29, 0.717) is 37.9 Å². The summed E-state index contributed by atoms with van der Waals surface area (Å²) < 4.78 is 0. The fraction of sp³-hybridized carbons (Fsp3) is 0.471. The van der Waals surface area contributed by atoms with Gasteiger partial charge >= 0.3 is 5.97 Å². The number of rotatable bonds is 4. The van der Waals surface area contributed by atoms with Gasteiger partial charge in [-0.2, -0.15) is 0 Å². The van der Waals surface area contributed by atoms with Crippen molar-refractivity contribution in [3.63, 3.8) is 0 Å². The van der Waals surface area contributed by atoms with Crippen molar-refractivity contribution in [2.75, 3.05) is 16.8 Å². The Bertz CT molecular complexity index is 643.